The summed E-state index contributed by atoms with van der Waals surface area (Å²) in [6.07, 6.45) is 7.16. The zero-order chi connectivity index (χ0) is 22.0. The molecule has 1 N–H and O–H groups in total. The average Bonchev–Trinajstić information content (AvgIpc) is 3.24. The number of carbonyl (C=O) groups excluding carboxylic acids is 1. The summed E-state index contributed by atoms with van der Waals surface area (Å²) in [6.45, 7) is 2.05. The van der Waals surface area contributed by atoms with Gasteiger partial charge in [-0.25, -0.2) is 9.97 Å². The topological polar surface area (TPSA) is 81.9 Å². The van der Waals surface area contributed by atoms with Crippen LogP contribution in [0.4, 0.5) is 17.5 Å². The monoisotopic (exact) mass is 422 g/mol. The summed E-state index contributed by atoms with van der Waals surface area (Å²) < 4.78 is 1.78. The Balaban J connectivity index is 1.60. The lowest BCUT2D eigenvalue weighted by Crippen LogP contribution is -2.36. The Kier molecular flexibility index (Phi) is 6.03. The molecule has 9 nitrogen and oxygen atoms in total. The first-order valence-electron chi connectivity index (χ1n) is 10.6. The van der Waals surface area contributed by atoms with E-state index >= 15 is 0 Å². The summed E-state index contributed by atoms with van der Waals surface area (Å²) in [7, 11) is 7.32. The molecule has 0 aromatic carbocycles. The molecule has 1 saturated heterocycles. The van der Waals surface area contributed by atoms with Gasteiger partial charge in [-0.15, -0.1) is 0 Å². The predicted octanol–water partition coefficient (Wildman–Crippen LogP) is 2.55. The second-order valence-corrected chi connectivity index (χ2v) is 8.35. The van der Waals surface area contributed by atoms with Crippen LogP contribution in [0.1, 0.15) is 30.9 Å². The van der Waals surface area contributed by atoms with Gasteiger partial charge >= 0.3 is 0 Å². The standard InChI is InChI=1S/C22H30N8O/c1-27(2)21(22(31)28(3)4)16-8-9-17(23-15-16)25-20-14-19(29-12-6-5-7-13-29)26-18-10-11-24-30(18)20/h8-11,14-15,21H,5-7,12-13H2,1-4H3,(H,23,25). The third-order valence-electron chi connectivity index (χ3n) is 5.58. The number of nitrogens with zero attached hydrogens (tertiary/aromatic N) is 7. The minimum absolute atomic E-state index is 0.0195. The van der Waals surface area contributed by atoms with Crippen LogP contribution in [0.25, 0.3) is 5.65 Å². The maximum Gasteiger partial charge on any atom is 0.244 e. The smallest absolute Gasteiger partial charge is 0.244 e. The fraction of sp³-hybridized carbons (Fsp3) is 0.455. The largest absolute Gasteiger partial charge is 0.356 e. The molecule has 1 atom stereocenters. The molecule has 4 rings (SSSR count). The molecular formula is C22H30N8O. The van der Waals surface area contributed by atoms with Crippen molar-refractivity contribution in [2.45, 2.75) is 25.3 Å². The molecule has 164 valence electrons. The van der Waals surface area contributed by atoms with Gasteiger partial charge in [0.1, 0.15) is 23.5 Å². The first-order valence-corrected chi connectivity index (χ1v) is 10.6. The average molecular weight is 423 g/mol. The van der Waals surface area contributed by atoms with Crippen molar-refractivity contribution >= 4 is 29.0 Å². The van der Waals surface area contributed by atoms with E-state index in [1.54, 1.807) is 35.9 Å². The number of fused-ring (bicyclic) bond motifs is 1. The highest BCUT2D eigenvalue weighted by Gasteiger charge is 2.24. The fourth-order valence-electron chi connectivity index (χ4n) is 3.95. The maximum atomic E-state index is 12.6. The molecule has 0 bridgehead atoms. The Hall–Kier alpha value is -3.20. The molecule has 9 heteroatoms. The molecular weight excluding hydrogens is 392 g/mol. The number of likely N-dealkylation sites (N-methyl/N-ethyl adjacent to an activating group) is 2. The Labute approximate surface area is 182 Å². The van der Waals surface area contributed by atoms with E-state index in [1.807, 2.05) is 43.3 Å². The van der Waals surface area contributed by atoms with Crippen molar-refractivity contribution in [3.8, 4) is 0 Å². The Morgan fingerprint density at radius 3 is 2.52 bits per heavy atom. The van der Waals surface area contributed by atoms with Crippen LogP contribution in [0.3, 0.4) is 0 Å². The van der Waals surface area contributed by atoms with Crippen LogP contribution >= 0.6 is 0 Å². The van der Waals surface area contributed by atoms with Crippen LogP contribution in [0.15, 0.2) is 36.7 Å². The van der Waals surface area contributed by atoms with Gasteiger partial charge in [-0.2, -0.15) is 9.61 Å². The van der Waals surface area contributed by atoms with Crippen molar-refractivity contribution in [1.82, 2.24) is 29.4 Å². The molecule has 1 amide bonds. The highest BCUT2D eigenvalue weighted by molar-refractivity contribution is 5.82. The summed E-state index contributed by atoms with van der Waals surface area (Å²) in [5.41, 5.74) is 1.65. The van der Waals surface area contributed by atoms with E-state index in [1.165, 1.54) is 19.3 Å². The van der Waals surface area contributed by atoms with Crippen LogP contribution in [-0.4, -0.2) is 76.6 Å². The molecule has 0 aliphatic carbocycles. The Bertz CT molecular complexity index is 1040. The lowest BCUT2D eigenvalue weighted by atomic mass is 10.1. The third kappa shape index (κ3) is 4.46. The van der Waals surface area contributed by atoms with E-state index in [2.05, 4.69) is 20.3 Å². The summed E-state index contributed by atoms with van der Waals surface area (Å²) in [6, 6.07) is 7.39. The number of piperidine rings is 1. The van der Waals surface area contributed by atoms with Crippen molar-refractivity contribution < 1.29 is 4.79 Å². The molecule has 1 aliphatic heterocycles. The molecule has 0 spiro atoms. The third-order valence-corrected chi connectivity index (χ3v) is 5.58. The van der Waals surface area contributed by atoms with Gasteiger partial charge in [-0.05, 0) is 45.0 Å². The van der Waals surface area contributed by atoms with Gasteiger partial charge in [-0.1, -0.05) is 6.07 Å². The molecule has 1 aliphatic rings. The number of carbonyl (C=O) groups is 1. The van der Waals surface area contributed by atoms with Gasteiger partial charge in [0.05, 0.1) is 6.20 Å². The first kappa shape index (κ1) is 21.0. The van der Waals surface area contributed by atoms with Crippen molar-refractivity contribution in [3.05, 3.63) is 42.2 Å². The van der Waals surface area contributed by atoms with Crippen LogP contribution in [0.5, 0.6) is 0 Å². The lowest BCUT2D eigenvalue weighted by Gasteiger charge is -2.28. The number of anilines is 3. The molecule has 3 aromatic rings. The van der Waals surface area contributed by atoms with Gasteiger partial charge in [0, 0.05) is 45.5 Å². The number of aromatic nitrogens is 4. The minimum atomic E-state index is -0.374. The zero-order valence-electron chi connectivity index (χ0n) is 18.6. The molecule has 1 fully saturated rings. The van der Waals surface area contributed by atoms with Gasteiger partial charge in [0.15, 0.2) is 5.65 Å². The van der Waals surface area contributed by atoms with E-state index in [9.17, 15) is 4.79 Å². The van der Waals surface area contributed by atoms with E-state index in [0.717, 1.165) is 35.9 Å². The lowest BCUT2D eigenvalue weighted by molar-refractivity contribution is -0.133. The van der Waals surface area contributed by atoms with Gasteiger partial charge in [-0.3, -0.25) is 9.69 Å². The van der Waals surface area contributed by atoms with E-state index in [0.29, 0.717) is 5.82 Å². The van der Waals surface area contributed by atoms with Crippen LogP contribution in [0, 0.1) is 0 Å². The number of hydrogen-bond acceptors (Lipinski definition) is 7. The van der Waals surface area contributed by atoms with Crippen molar-refractivity contribution in [2.75, 3.05) is 51.5 Å². The maximum absolute atomic E-state index is 12.6. The van der Waals surface area contributed by atoms with Crippen molar-refractivity contribution in [1.29, 1.82) is 0 Å². The second kappa shape index (κ2) is 8.89. The number of nitrogens with one attached hydrogen (secondary N) is 1. The highest BCUT2D eigenvalue weighted by atomic mass is 16.2. The van der Waals surface area contributed by atoms with Crippen molar-refractivity contribution in [2.24, 2.45) is 0 Å². The summed E-state index contributed by atoms with van der Waals surface area (Å²) in [5.74, 6) is 2.47. The normalized spacial score (nSPS) is 15.3. The van der Waals surface area contributed by atoms with Gasteiger partial charge < -0.3 is 15.1 Å². The SMILES string of the molecule is CN(C)C(=O)C(c1ccc(Nc2cc(N3CCCCC3)nc3ccnn23)nc1)N(C)C. The highest BCUT2D eigenvalue weighted by Crippen LogP contribution is 2.25. The van der Waals surface area contributed by atoms with E-state index < -0.39 is 0 Å². The molecule has 1 unspecified atom stereocenters. The Morgan fingerprint density at radius 1 is 1.10 bits per heavy atom. The number of hydrogen-bond donors (Lipinski definition) is 1. The quantitative estimate of drug-likeness (QED) is 0.654. The zero-order valence-corrected chi connectivity index (χ0v) is 18.6. The van der Waals surface area contributed by atoms with Crippen LogP contribution < -0.4 is 10.2 Å². The summed E-state index contributed by atoms with van der Waals surface area (Å²) in [5, 5.41) is 7.77. The van der Waals surface area contributed by atoms with Crippen LogP contribution in [-0.2, 0) is 4.79 Å². The minimum Gasteiger partial charge on any atom is -0.356 e. The molecule has 0 radical (unpaired) electrons. The second-order valence-electron chi connectivity index (χ2n) is 8.35. The number of pyridine rings is 1. The molecule has 0 saturated carbocycles. The summed E-state index contributed by atoms with van der Waals surface area (Å²) >= 11 is 0. The summed E-state index contributed by atoms with van der Waals surface area (Å²) in [4.78, 5) is 27.7. The molecule has 4 heterocycles. The van der Waals surface area contributed by atoms with Gasteiger partial charge in [0.2, 0.25) is 5.91 Å². The van der Waals surface area contributed by atoms with E-state index in [-0.39, 0.29) is 11.9 Å². The number of amides is 1. The fourth-order valence-corrected chi connectivity index (χ4v) is 3.95. The van der Waals surface area contributed by atoms with Gasteiger partial charge in [0.25, 0.3) is 0 Å². The Morgan fingerprint density at radius 2 is 1.87 bits per heavy atom. The predicted molar refractivity (Wildman–Crippen MR) is 122 cm³/mol. The van der Waals surface area contributed by atoms with Crippen LogP contribution in [0.2, 0.25) is 0 Å². The van der Waals surface area contributed by atoms with Crippen molar-refractivity contribution in [3.63, 3.8) is 0 Å². The first-order chi connectivity index (χ1) is 14.9. The number of rotatable bonds is 6. The molecule has 31 heavy (non-hydrogen) atoms. The molecule has 3 aromatic heterocycles. The van der Waals surface area contributed by atoms with E-state index in [4.69, 9.17) is 4.98 Å².